The van der Waals surface area contributed by atoms with E-state index in [2.05, 4.69) is 12.2 Å². The molecule has 0 aromatic heterocycles. The third-order valence-electron chi connectivity index (χ3n) is 2.27. The quantitative estimate of drug-likeness (QED) is 0.402. The van der Waals surface area contributed by atoms with E-state index in [1.54, 1.807) is 0 Å². The van der Waals surface area contributed by atoms with Crippen LogP contribution in [0.4, 0.5) is 0 Å². The van der Waals surface area contributed by atoms with Crippen molar-refractivity contribution in [1.29, 1.82) is 0 Å². The summed E-state index contributed by atoms with van der Waals surface area (Å²) < 4.78 is 0. The normalized spacial score (nSPS) is 14.5. The molecule has 0 rings (SSSR count). The van der Waals surface area contributed by atoms with E-state index in [1.807, 2.05) is 0 Å². The fraction of sp³-hybridized carbons (Fsp3) is 0.909. The number of carboxylic acid groups (broad SMARTS) is 1. The number of aliphatic hydroxyl groups excluding tert-OH is 2. The summed E-state index contributed by atoms with van der Waals surface area (Å²) in [6.45, 7) is 2.52. The number of carboxylic acids is 1. The number of unbranched alkanes of at least 4 members (excludes halogenated alkanes) is 2. The van der Waals surface area contributed by atoms with E-state index in [0.717, 1.165) is 19.3 Å². The van der Waals surface area contributed by atoms with Crippen molar-refractivity contribution in [3.63, 3.8) is 0 Å². The third-order valence-corrected chi connectivity index (χ3v) is 3.46. The molecule has 0 unspecified atom stereocenters. The van der Waals surface area contributed by atoms with Gasteiger partial charge in [0, 0.05) is 11.5 Å². The second-order valence-electron chi connectivity index (χ2n) is 3.93. The van der Waals surface area contributed by atoms with Crippen LogP contribution in [0.1, 0.15) is 26.2 Å². The minimum absolute atomic E-state index is 0.283. The van der Waals surface area contributed by atoms with Crippen molar-refractivity contribution < 1.29 is 20.1 Å². The van der Waals surface area contributed by atoms with Crippen molar-refractivity contribution in [3.8, 4) is 0 Å². The highest BCUT2D eigenvalue weighted by molar-refractivity contribution is 7.99. The van der Waals surface area contributed by atoms with E-state index in [4.69, 9.17) is 15.3 Å². The topological polar surface area (TPSA) is 89.8 Å². The molecule has 0 aromatic carbocycles. The van der Waals surface area contributed by atoms with Gasteiger partial charge in [-0.05, 0) is 13.0 Å². The number of carbonyl (C=O) groups is 1. The first-order chi connectivity index (χ1) is 8.11. The first kappa shape index (κ1) is 16.7. The SMILES string of the molecule is CCCCCN[C@H](CSC[C@H](O)CO)C(=O)O. The van der Waals surface area contributed by atoms with Gasteiger partial charge in [-0.25, -0.2) is 0 Å². The zero-order chi connectivity index (χ0) is 13.1. The molecule has 0 heterocycles. The van der Waals surface area contributed by atoms with E-state index in [0.29, 0.717) is 18.1 Å². The molecule has 5 nitrogen and oxygen atoms in total. The average Bonchev–Trinajstić information content (AvgIpc) is 2.31. The molecule has 0 aliphatic heterocycles. The van der Waals surface area contributed by atoms with Gasteiger partial charge in [0.15, 0.2) is 0 Å². The Balaban J connectivity index is 3.71. The largest absolute Gasteiger partial charge is 0.480 e. The van der Waals surface area contributed by atoms with E-state index < -0.39 is 18.1 Å². The Morgan fingerprint density at radius 2 is 2.06 bits per heavy atom. The van der Waals surface area contributed by atoms with E-state index in [-0.39, 0.29) is 6.61 Å². The highest BCUT2D eigenvalue weighted by Gasteiger charge is 2.16. The predicted molar refractivity (Wildman–Crippen MR) is 69.4 cm³/mol. The molecule has 0 spiro atoms. The molecule has 0 amide bonds. The van der Waals surface area contributed by atoms with Crippen LogP contribution >= 0.6 is 11.8 Å². The van der Waals surface area contributed by atoms with Crippen LogP contribution in [-0.2, 0) is 4.79 Å². The molecule has 0 fully saturated rings. The lowest BCUT2D eigenvalue weighted by Gasteiger charge is -2.14. The summed E-state index contributed by atoms with van der Waals surface area (Å²) in [6, 6.07) is -0.581. The highest BCUT2D eigenvalue weighted by Crippen LogP contribution is 2.06. The number of aliphatic hydroxyl groups is 2. The number of aliphatic carboxylic acids is 1. The molecule has 4 N–H and O–H groups in total. The Hall–Kier alpha value is -0.300. The molecule has 0 saturated carbocycles. The number of hydrogen-bond acceptors (Lipinski definition) is 5. The lowest BCUT2D eigenvalue weighted by Crippen LogP contribution is -2.39. The second kappa shape index (κ2) is 10.8. The lowest BCUT2D eigenvalue weighted by molar-refractivity contribution is -0.138. The first-order valence-corrected chi connectivity index (χ1v) is 7.10. The maximum absolute atomic E-state index is 10.9. The first-order valence-electron chi connectivity index (χ1n) is 5.94. The average molecular weight is 265 g/mol. The van der Waals surface area contributed by atoms with E-state index in [1.165, 1.54) is 11.8 Å². The van der Waals surface area contributed by atoms with Gasteiger partial charge in [-0.15, -0.1) is 0 Å². The zero-order valence-electron chi connectivity index (χ0n) is 10.3. The summed E-state index contributed by atoms with van der Waals surface area (Å²) in [5, 5.41) is 29.7. The molecular weight excluding hydrogens is 242 g/mol. The molecule has 6 heteroatoms. The van der Waals surface area contributed by atoms with Crippen molar-refractivity contribution in [2.75, 3.05) is 24.7 Å². The van der Waals surface area contributed by atoms with Crippen molar-refractivity contribution in [1.82, 2.24) is 5.32 Å². The molecule has 0 saturated heterocycles. The van der Waals surface area contributed by atoms with Gasteiger partial charge in [-0.2, -0.15) is 11.8 Å². The Morgan fingerprint density at radius 3 is 2.59 bits per heavy atom. The number of thioether (sulfide) groups is 1. The Labute approximate surface area is 107 Å². The van der Waals surface area contributed by atoms with Crippen LogP contribution in [0.15, 0.2) is 0 Å². The lowest BCUT2D eigenvalue weighted by atomic mass is 10.2. The maximum Gasteiger partial charge on any atom is 0.321 e. The van der Waals surface area contributed by atoms with Crippen LogP contribution in [0.5, 0.6) is 0 Å². The van der Waals surface area contributed by atoms with Crippen molar-refractivity contribution >= 4 is 17.7 Å². The Bertz CT molecular complexity index is 204. The van der Waals surface area contributed by atoms with Gasteiger partial charge in [0.2, 0.25) is 0 Å². The molecule has 0 radical (unpaired) electrons. The van der Waals surface area contributed by atoms with E-state index in [9.17, 15) is 4.79 Å². The zero-order valence-corrected chi connectivity index (χ0v) is 11.1. The van der Waals surface area contributed by atoms with Gasteiger partial charge >= 0.3 is 5.97 Å². The fourth-order valence-electron chi connectivity index (χ4n) is 1.24. The maximum atomic E-state index is 10.9. The molecule has 0 aliphatic rings. The number of nitrogens with one attached hydrogen (secondary N) is 1. The van der Waals surface area contributed by atoms with Crippen LogP contribution in [0, 0.1) is 0 Å². The third kappa shape index (κ3) is 9.41. The fourth-order valence-corrected chi connectivity index (χ4v) is 2.25. The van der Waals surface area contributed by atoms with Crippen molar-refractivity contribution in [2.45, 2.75) is 38.3 Å². The summed E-state index contributed by atoms with van der Waals surface area (Å²) in [5.41, 5.74) is 0. The summed E-state index contributed by atoms with van der Waals surface area (Å²) >= 11 is 1.33. The van der Waals surface area contributed by atoms with Crippen LogP contribution in [-0.4, -0.2) is 58.1 Å². The standard InChI is InChI=1S/C11H23NO4S/c1-2-3-4-5-12-10(11(15)16)8-17-7-9(14)6-13/h9-10,12-14H,2-8H2,1H3,(H,15,16)/t9-,10-/m1/s1. The van der Waals surface area contributed by atoms with Crippen molar-refractivity contribution in [2.24, 2.45) is 0 Å². The smallest absolute Gasteiger partial charge is 0.321 e. The highest BCUT2D eigenvalue weighted by atomic mass is 32.2. The summed E-state index contributed by atoms with van der Waals surface area (Å²) in [5.74, 6) is -0.109. The molecule has 102 valence electrons. The summed E-state index contributed by atoms with van der Waals surface area (Å²) in [4.78, 5) is 10.9. The Morgan fingerprint density at radius 1 is 1.35 bits per heavy atom. The van der Waals surface area contributed by atoms with Gasteiger partial charge in [0.25, 0.3) is 0 Å². The monoisotopic (exact) mass is 265 g/mol. The Kier molecular flexibility index (Phi) is 10.6. The predicted octanol–water partition coefficient (Wildman–Crippen LogP) is 0.306. The van der Waals surface area contributed by atoms with Gasteiger partial charge in [0.1, 0.15) is 6.04 Å². The van der Waals surface area contributed by atoms with Gasteiger partial charge < -0.3 is 20.6 Å². The number of hydrogen-bond donors (Lipinski definition) is 4. The molecule has 17 heavy (non-hydrogen) atoms. The second-order valence-corrected chi connectivity index (χ2v) is 5.00. The van der Waals surface area contributed by atoms with Crippen LogP contribution < -0.4 is 5.32 Å². The van der Waals surface area contributed by atoms with Gasteiger partial charge in [-0.3, -0.25) is 4.79 Å². The molecule has 2 atom stereocenters. The molecule has 0 aliphatic carbocycles. The molecular formula is C11H23NO4S. The van der Waals surface area contributed by atoms with Crippen LogP contribution in [0.2, 0.25) is 0 Å². The van der Waals surface area contributed by atoms with E-state index >= 15 is 0 Å². The van der Waals surface area contributed by atoms with Gasteiger partial charge in [0.05, 0.1) is 12.7 Å². The molecule has 0 aromatic rings. The molecule has 0 bridgehead atoms. The van der Waals surface area contributed by atoms with Gasteiger partial charge in [-0.1, -0.05) is 19.8 Å². The summed E-state index contributed by atoms with van der Waals surface area (Å²) in [7, 11) is 0. The summed E-state index contributed by atoms with van der Waals surface area (Å²) in [6.07, 6.45) is 2.41. The minimum atomic E-state index is -0.868. The minimum Gasteiger partial charge on any atom is -0.480 e. The number of rotatable bonds is 11. The van der Waals surface area contributed by atoms with Crippen molar-refractivity contribution in [3.05, 3.63) is 0 Å². The van der Waals surface area contributed by atoms with Crippen LogP contribution in [0.25, 0.3) is 0 Å². The van der Waals surface area contributed by atoms with Crippen LogP contribution in [0.3, 0.4) is 0 Å².